The zero-order valence-electron chi connectivity index (χ0n) is 12.0. The molecule has 4 heteroatoms. The van der Waals surface area contributed by atoms with Crippen molar-refractivity contribution in [1.29, 1.82) is 0 Å². The van der Waals surface area contributed by atoms with Gasteiger partial charge in [-0.3, -0.25) is 0 Å². The third kappa shape index (κ3) is 2.91. The van der Waals surface area contributed by atoms with Crippen molar-refractivity contribution in [2.45, 2.75) is 31.6 Å². The summed E-state index contributed by atoms with van der Waals surface area (Å²) in [7, 11) is 3.48. The molecule has 0 bridgehead atoms. The Hall–Kier alpha value is -1.10. The van der Waals surface area contributed by atoms with Crippen LogP contribution >= 0.6 is 0 Å². The van der Waals surface area contributed by atoms with E-state index in [0.717, 1.165) is 19.5 Å². The standard InChI is InChI=1S/C15H24N2O2/c1-4-12(16)11-7-5-6-8-13(11)17-9-14(18-2)15(10-17)19-3/h5-8,12,14-15H,4,9-10,16H2,1-3H3. The topological polar surface area (TPSA) is 47.7 Å². The van der Waals surface area contributed by atoms with Crippen molar-refractivity contribution < 1.29 is 9.47 Å². The summed E-state index contributed by atoms with van der Waals surface area (Å²) >= 11 is 0. The van der Waals surface area contributed by atoms with Crippen LogP contribution in [0.25, 0.3) is 0 Å². The second-order valence-corrected chi connectivity index (χ2v) is 5.03. The van der Waals surface area contributed by atoms with E-state index in [1.54, 1.807) is 14.2 Å². The van der Waals surface area contributed by atoms with Crippen LogP contribution in [0, 0.1) is 0 Å². The average molecular weight is 264 g/mol. The van der Waals surface area contributed by atoms with Gasteiger partial charge in [-0.2, -0.15) is 0 Å². The molecule has 0 saturated carbocycles. The molecule has 1 fully saturated rings. The maximum absolute atomic E-state index is 6.21. The Morgan fingerprint density at radius 2 is 1.79 bits per heavy atom. The first-order valence-electron chi connectivity index (χ1n) is 6.86. The lowest BCUT2D eigenvalue weighted by Crippen LogP contribution is -2.27. The number of rotatable bonds is 5. The first-order chi connectivity index (χ1) is 9.21. The van der Waals surface area contributed by atoms with Gasteiger partial charge < -0.3 is 20.1 Å². The van der Waals surface area contributed by atoms with Crippen LogP contribution in [-0.2, 0) is 9.47 Å². The lowest BCUT2D eigenvalue weighted by atomic mass is 10.0. The van der Waals surface area contributed by atoms with Gasteiger partial charge in [-0.25, -0.2) is 0 Å². The third-order valence-electron chi connectivity index (χ3n) is 3.94. The highest BCUT2D eigenvalue weighted by Gasteiger charge is 2.34. The Labute approximate surface area is 115 Å². The van der Waals surface area contributed by atoms with E-state index in [-0.39, 0.29) is 18.2 Å². The minimum atomic E-state index is 0.0822. The van der Waals surface area contributed by atoms with Gasteiger partial charge >= 0.3 is 0 Å². The van der Waals surface area contributed by atoms with Gasteiger partial charge in [0.2, 0.25) is 0 Å². The molecule has 4 nitrogen and oxygen atoms in total. The van der Waals surface area contributed by atoms with Gasteiger partial charge in [-0.15, -0.1) is 0 Å². The van der Waals surface area contributed by atoms with Crippen LogP contribution in [0.3, 0.4) is 0 Å². The summed E-state index contributed by atoms with van der Waals surface area (Å²) < 4.78 is 11.0. The summed E-state index contributed by atoms with van der Waals surface area (Å²) in [4.78, 5) is 2.31. The molecule has 3 atom stereocenters. The van der Waals surface area contributed by atoms with Crippen molar-refractivity contribution >= 4 is 5.69 Å². The van der Waals surface area contributed by atoms with E-state index in [0.29, 0.717) is 0 Å². The van der Waals surface area contributed by atoms with Gasteiger partial charge in [-0.1, -0.05) is 25.1 Å². The molecule has 1 aliphatic heterocycles. The first kappa shape index (κ1) is 14.3. The van der Waals surface area contributed by atoms with Gasteiger partial charge in [-0.05, 0) is 18.1 Å². The summed E-state index contributed by atoms with van der Waals surface area (Å²) in [6.45, 7) is 3.81. The fourth-order valence-corrected chi connectivity index (χ4v) is 2.70. The van der Waals surface area contributed by atoms with Crippen molar-refractivity contribution in [2.24, 2.45) is 5.73 Å². The second-order valence-electron chi connectivity index (χ2n) is 5.03. The SMILES string of the molecule is CCC(N)c1ccccc1N1CC(OC)C(OC)C1. The molecule has 0 aliphatic carbocycles. The molecule has 2 N–H and O–H groups in total. The fraction of sp³-hybridized carbons (Fsp3) is 0.600. The monoisotopic (exact) mass is 264 g/mol. The highest BCUT2D eigenvalue weighted by Crippen LogP contribution is 2.30. The Kier molecular flexibility index (Phi) is 4.80. The molecule has 1 saturated heterocycles. The minimum absolute atomic E-state index is 0.0822. The summed E-state index contributed by atoms with van der Waals surface area (Å²) in [5.74, 6) is 0. The number of ether oxygens (including phenoxy) is 2. The van der Waals surface area contributed by atoms with Crippen molar-refractivity contribution in [3.05, 3.63) is 29.8 Å². The number of anilines is 1. The molecule has 1 aliphatic rings. The molecular weight excluding hydrogens is 240 g/mol. The van der Waals surface area contributed by atoms with Crippen molar-refractivity contribution in [1.82, 2.24) is 0 Å². The Bertz CT molecular complexity index is 399. The first-order valence-corrected chi connectivity index (χ1v) is 6.86. The normalized spacial score (nSPS) is 24.7. The molecule has 0 radical (unpaired) electrons. The lowest BCUT2D eigenvalue weighted by molar-refractivity contribution is -0.00461. The van der Waals surface area contributed by atoms with Crippen molar-refractivity contribution in [3.8, 4) is 0 Å². The zero-order valence-corrected chi connectivity index (χ0v) is 12.0. The summed E-state index contributed by atoms with van der Waals surface area (Å²) in [6, 6.07) is 8.44. The van der Waals surface area contributed by atoms with E-state index in [2.05, 4.69) is 30.0 Å². The van der Waals surface area contributed by atoms with E-state index in [1.165, 1.54) is 11.3 Å². The fourth-order valence-electron chi connectivity index (χ4n) is 2.70. The third-order valence-corrected chi connectivity index (χ3v) is 3.94. The van der Waals surface area contributed by atoms with Gasteiger partial charge in [0.25, 0.3) is 0 Å². The number of hydrogen-bond acceptors (Lipinski definition) is 4. The summed E-state index contributed by atoms with van der Waals surface area (Å²) in [5, 5.41) is 0. The van der Waals surface area contributed by atoms with Crippen molar-refractivity contribution in [2.75, 3.05) is 32.2 Å². The maximum atomic E-state index is 6.21. The van der Waals surface area contributed by atoms with E-state index < -0.39 is 0 Å². The van der Waals surface area contributed by atoms with Crippen LogP contribution < -0.4 is 10.6 Å². The highest BCUT2D eigenvalue weighted by atomic mass is 16.5. The molecule has 19 heavy (non-hydrogen) atoms. The number of para-hydroxylation sites is 1. The van der Waals surface area contributed by atoms with Gasteiger partial charge in [0.15, 0.2) is 0 Å². The van der Waals surface area contributed by atoms with E-state index in [1.807, 2.05) is 6.07 Å². The number of methoxy groups -OCH3 is 2. The van der Waals surface area contributed by atoms with Crippen LogP contribution in [0.15, 0.2) is 24.3 Å². The highest BCUT2D eigenvalue weighted by molar-refractivity contribution is 5.56. The Balaban J connectivity index is 2.23. The summed E-state index contributed by atoms with van der Waals surface area (Å²) in [5.41, 5.74) is 8.62. The van der Waals surface area contributed by atoms with Crippen LogP contribution in [0.4, 0.5) is 5.69 Å². The van der Waals surface area contributed by atoms with E-state index >= 15 is 0 Å². The molecule has 0 spiro atoms. The molecule has 106 valence electrons. The largest absolute Gasteiger partial charge is 0.377 e. The number of benzene rings is 1. The minimum Gasteiger partial charge on any atom is -0.377 e. The molecule has 1 aromatic rings. The average Bonchev–Trinajstić information content (AvgIpc) is 2.89. The van der Waals surface area contributed by atoms with E-state index in [4.69, 9.17) is 15.2 Å². The molecule has 0 aromatic heterocycles. The molecule has 1 heterocycles. The predicted octanol–water partition coefficient (Wildman–Crippen LogP) is 1.95. The number of nitrogens with two attached hydrogens (primary N) is 1. The van der Waals surface area contributed by atoms with E-state index in [9.17, 15) is 0 Å². The molecule has 3 unspecified atom stereocenters. The lowest BCUT2D eigenvalue weighted by Gasteiger charge is -2.24. The van der Waals surface area contributed by atoms with Gasteiger partial charge in [0.05, 0.1) is 0 Å². The summed E-state index contributed by atoms with van der Waals surface area (Å²) in [6.07, 6.45) is 1.18. The van der Waals surface area contributed by atoms with Crippen molar-refractivity contribution in [3.63, 3.8) is 0 Å². The van der Waals surface area contributed by atoms with Crippen LogP contribution in [-0.4, -0.2) is 39.5 Å². The predicted molar refractivity (Wildman–Crippen MR) is 77.5 cm³/mol. The molecular formula is C15H24N2O2. The smallest absolute Gasteiger partial charge is 0.102 e. The Morgan fingerprint density at radius 1 is 1.21 bits per heavy atom. The van der Waals surface area contributed by atoms with Crippen LogP contribution in [0.5, 0.6) is 0 Å². The van der Waals surface area contributed by atoms with Gasteiger partial charge in [0.1, 0.15) is 12.2 Å². The number of hydrogen-bond donors (Lipinski definition) is 1. The van der Waals surface area contributed by atoms with Gasteiger partial charge in [0, 0.05) is 39.0 Å². The molecule has 1 aromatic carbocycles. The maximum Gasteiger partial charge on any atom is 0.102 e. The number of nitrogens with zero attached hydrogens (tertiary/aromatic N) is 1. The molecule has 0 amide bonds. The second kappa shape index (κ2) is 6.37. The van der Waals surface area contributed by atoms with Crippen LogP contribution in [0.2, 0.25) is 0 Å². The Morgan fingerprint density at radius 3 is 2.32 bits per heavy atom. The van der Waals surface area contributed by atoms with Crippen LogP contribution in [0.1, 0.15) is 24.9 Å². The zero-order chi connectivity index (χ0) is 13.8. The molecule has 2 rings (SSSR count). The quantitative estimate of drug-likeness (QED) is 0.883.